The van der Waals surface area contributed by atoms with Gasteiger partial charge in [0.1, 0.15) is 11.6 Å². The number of carbonyl (C=O) groups is 1. The van der Waals surface area contributed by atoms with Crippen LogP contribution >= 0.6 is 0 Å². The number of benzene rings is 2. The van der Waals surface area contributed by atoms with Gasteiger partial charge < -0.3 is 24.2 Å². The largest absolute Gasteiger partial charge is 0.467 e. The Labute approximate surface area is 186 Å². The molecule has 8 heteroatoms. The number of rotatable bonds is 9. The van der Waals surface area contributed by atoms with Crippen molar-refractivity contribution in [2.24, 2.45) is 0 Å². The number of aromatic nitrogens is 1. The van der Waals surface area contributed by atoms with E-state index in [1.807, 2.05) is 18.2 Å². The summed E-state index contributed by atoms with van der Waals surface area (Å²) in [5, 5.41) is 7.85. The molecular formula is C24H28FN3O4. The van der Waals surface area contributed by atoms with Crippen LogP contribution in [0.15, 0.2) is 47.0 Å². The average molecular weight is 442 g/mol. The van der Waals surface area contributed by atoms with Crippen molar-refractivity contribution in [2.45, 2.75) is 32.1 Å². The number of nitrogens with zero attached hydrogens (tertiary/aromatic N) is 2. The van der Waals surface area contributed by atoms with Crippen molar-refractivity contribution >= 4 is 22.6 Å². The average Bonchev–Trinajstić information content (AvgIpc) is 3.19. The third-order valence-corrected chi connectivity index (χ3v) is 5.66. The summed E-state index contributed by atoms with van der Waals surface area (Å²) in [6.07, 6.45) is 2.94. The van der Waals surface area contributed by atoms with Crippen molar-refractivity contribution in [3.05, 3.63) is 54.0 Å². The van der Waals surface area contributed by atoms with E-state index in [2.05, 4.69) is 15.4 Å². The molecule has 1 fully saturated rings. The first-order chi connectivity index (χ1) is 15.6. The molecule has 1 saturated heterocycles. The molecule has 0 saturated carbocycles. The normalized spacial score (nSPS) is 15.2. The van der Waals surface area contributed by atoms with Crippen molar-refractivity contribution in [3.8, 4) is 5.75 Å². The van der Waals surface area contributed by atoms with E-state index in [9.17, 15) is 9.18 Å². The van der Waals surface area contributed by atoms with Crippen LogP contribution in [-0.2, 0) is 9.53 Å². The smallest absolute Gasteiger partial charge is 0.221 e. The molecule has 7 nitrogen and oxygen atoms in total. The number of fused-ring (bicyclic) bond motifs is 1. The van der Waals surface area contributed by atoms with Crippen molar-refractivity contribution in [1.82, 2.24) is 10.1 Å². The number of hydrogen-bond acceptors (Lipinski definition) is 6. The van der Waals surface area contributed by atoms with Gasteiger partial charge in [-0.3, -0.25) is 4.79 Å². The van der Waals surface area contributed by atoms with Crippen molar-refractivity contribution in [1.29, 1.82) is 0 Å². The van der Waals surface area contributed by atoms with E-state index in [0.29, 0.717) is 29.5 Å². The summed E-state index contributed by atoms with van der Waals surface area (Å²) >= 11 is 0. The third-order valence-electron chi connectivity index (χ3n) is 5.66. The summed E-state index contributed by atoms with van der Waals surface area (Å²) in [4.78, 5) is 13.6. The Morgan fingerprint density at radius 1 is 1.25 bits per heavy atom. The van der Waals surface area contributed by atoms with Crippen LogP contribution in [0.1, 0.15) is 37.8 Å². The molecular weight excluding hydrogens is 413 g/mol. The Hall–Kier alpha value is -2.97. The topological polar surface area (TPSA) is 76.8 Å². The maximum absolute atomic E-state index is 13.4. The summed E-state index contributed by atoms with van der Waals surface area (Å²) in [5.74, 6) is 0.575. The Balaban J connectivity index is 1.13. The molecule has 2 heterocycles. The summed E-state index contributed by atoms with van der Waals surface area (Å²) in [5.41, 5.74) is 2.16. The molecule has 1 aliphatic heterocycles. The van der Waals surface area contributed by atoms with E-state index in [-0.39, 0.29) is 18.5 Å². The summed E-state index contributed by atoms with van der Waals surface area (Å²) < 4.78 is 29.9. The first kappa shape index (κ1) is 22.2. The number of piperidine rings is 1. The van der Waals surface area contributed by atoms with Gasteiger partial charge in [0.05, 0.1) is 12.3 Å². The minimum absolute atomic E-state index is 0.118. The maximum atomic E-state index is 13.4. The molecule has 0 radical (unpaired) electrons. The van der Waals surface area contributed by atoms with E-state index in [1.165, 1.54) is 19.1 Å². The van der Waals surface area contributed by atoms with Gasteiger partial charge in [-0.05, 0) is 56.6 Å². The van der Waals surface area contributed by atoms with Gasteiger partial charge in [0.2, 0.25) is 5.91 Å². The van der Waals surface area contributed by atoms with E-state index < -0.39 is 0 Å². The number of likely N-dealkylation sites (tertiary alicyclic amines) is 1. The van der Waals surface area contributed by atoms with Crippen molar-refractivity contribution < 1.29 is 23.2 Å². The second kappa shape index (κ2) is 10.6. The zero-order valence-electron chi connectivity index (χ0n) is 18.2. The highest BCUT2D eigenvalue weighted by molar-refractivity contribution is 5.88. The second-order valence-corrected chi connectivity index (χ2v) is 8.06. The molecule has 0 atom stereocenters. The minimum atomic E-state index is -0.304. The van der Waals surface area contributed by atoms with Gasteiger partial charge in [-0.2, -0.15) is 0 Å². The van der Waals surface area contributed by atoms with Crippen LogP contribution in [0.2, 0.25) is 0 Å². The summed E-state index contributed by atoms with van der Waals surface area (Å²) in [6.45, 7) is 5.21. The maximum Gasteiger partial charge on any atom is 0.221 e. The lowest BCUT2D eigenvalue weighted by Crippen LogP contribution is -2.34. The molecule has 0 spiro atoms. The van der Waals surface area contributed by atoms with E-state index in [1.54, 1.807) is 12.1 Å². The number of carbonyl (C=O) groups excluding carboxylic acids is 1. The number of anilines is 1. The van der Waals surface area contributed by atoms with Crippen LogP contribution in [0.3, 0.4) is 0 Å². The molecule has 0 bridgehead atoms. The first-order valence-electron chi connectivity index (χ1n) is 10.9. The lowest BCUT2D eigenvalue weighted by atomic mass is 9.91. The van der Waals surface area contributed by atoms with Crippen molar-refractivity contribution in [2.75, 3.05) is 38.4 Å². The lowest BCUT2D eigenvalue weighted by molar-refractivity contribution is -0.114. The quantitative estimate of drug-likeness (QED) is 0.388. The number of nitrogens with one attached hydrogen (secondary N) is 1. The summed E-state index contributed by atoms with van der Waals surface area (Å²) in [6, 6.07) is 11.8. The number of hydrogen-bond donors (Lipinski definition) is 1. The fourth-order valence-corrected chi connectivity index (χ4v) is 4.08. The molecule has 2 aromatic carbocycles. The Morgan fingerprint density at radius 2 is 2.09 bits per heavy atom. The molecule has 3 aromatic rings. The molecule has 32 heavy (non-hydrogen) atoms. The highest BCUT2D eigenvalue weighted by atomic mass is 19.1. The SMILES string of the molecule is CC(=O)Nc1cccc(OCOCCCN2CCC(c3noc4cc(F)ccc34)CC2)c1. The van der Waals surface area contributed by atoms with Gasteiger partial charge >= 0.3 is 0 Å². The Kier molecular flexibility index (Phi) is 7.34. The van der Waals surface area contributed by atoms with E-state index >= 15 is 0 Å². The monoisotopic (exact) mass is 441 g/mol. The van der Waals surface area contributed by atoms with Crippen LogP contribution < -0.4 is 10.1 Å². The van der Waals surface area contributed by atoms with Crippen LogP contribution in [0.5, 0.6) is 5.75 Å². The fourth-order valence-electron chi connectivity index (χ4n) is 4.08. The Bertz CT molecular complexity index is 1050. The van der Waals surface area contributed by atoms with Crippen molar-refractivity contribution in [3.63, 3.8) is 0 Å². The summed E-state index contributed by atoms with van der Waals surface area (Å²) in [7, 11) is 0. The molecule has 1 N–H and O–H groups in total. The number of halogens is 1. The molecule has 1 aromatic heterocycles. The van der Waals surface area contributed by atoms with Crippen LogP contribution in [0.25, 0.3) is 11.0 Å². The second-order valence-electron chi connectivity index (χ2n) is 8.06. The molecule has 1 aliphatic rings. The van der Waals surface area contributed by atoms with Gasteiger partial charge in [-0.15, -0.1) is 0 Å². The molecule has 0 unspecified atom stereocenters. The van der Waals surface area contributed by atoms with Gasteiger partial charge in [0.25, 0.3) is 0 Å². The van der Waals surface area contributed by atoms with Gasteiger partial charge in [0.15, 0.2) is 12.4 Å². The van der Waals surface area contributed by atoms with Crippen LogP contribution in [0, 0.1) is 5.82 Å². The van der Waals surface area contributed by atoms with Crippen LogP contribution in [-0.4, -0.2) is 49.0 Å². The number of ether oxygens (including phenoxy) is 2. The molecule has 1 amide bonds. The third kappa shape index (κ3) is 5.83. The highest BCUT2D eigenvalue weighted by Crippen LogP contribution is 2.32. The predicted molar refractivity (Wildman–Crippen MR) is 119 cm³/mol. The predicted octanol–water partition coefficient (Wildman–Crippen LogP) is 4.55. The highest BCUT2D eigenvalue weighted by Gasteiger charge is 2.24. The van der Waals surface area contributed by atoms with Gasteiger partial charge in [0, 0.05) is 42.6 Å². The lowest BCUT2D eigenvalue weighted by Gasteiger charge is -2.31. The molecule has 170 valence electrons. The molecule has 0 aliphatic carbocycles. The zero-order chi connectivity index (χ0) is 22.3. The minimum Gasteiger partial charge on any atom is -0.467 e. The standard InChI is InChI=1S/C24H28FN3O4/c1-17(29)26-20-4-2-5-21(15-20)31-16-30-13-3-10-28-11-8-18(9-12-28)24-22-7-6-19(25)14-23(22)32-27-24/h2,4-7,14-15,18H,3,8-13,16H2,1H3,(H,26,29). The van der Waals surface area contributed by atoms with Crippen LogP contribution in [0.4, 0.5) is 10.1 Å². The van der Waals surface area contributed by atoms with Gasteiger partial charge in [-0.25, -0.2) is 4.39 Å². The Morgan fingerprint density at radius 3 is 2.91 bits per heavy atom. The zero-order valence-corrected chi connectivity index (χ0v) is 18.2. The van der Waals surface area contributed by atoms with E-state index in [0.717, 1.165) is 50.0 Å². The number of amides is 1. The van der Waals surface area contributed by atoms with Gasteiger partial charge in [-0.1, -0.05) is 11.2 Å². The first-order valence-corrected chi connectivity index (χ1v) is 10.9. The van der Waals surface area contributed by atoms with E-state index in [4.69, 9.17) is 14.0 Å². The molecule has 4 rings (SSSR count). The fraction of sp³-hybridized carbons (Fsp3) is 0.417.